The Balaban J connectivity index is 1.73. The molecule has 0 unspecified atom stereocenters. The van der Waals surface area contributed by atoms with Crippen molar-refractivity contribution in [2.75, 3.05) is 5.32 Å². The topological polar surface area (TPSA) is 91.3 Å². The first kappa shape index (κ1) is 16.9. The lowest BCUT2D eigenvalue weighted by atomic mass is 10.1. The van der Waals surface area contributed by atoms with Gasteiger partial charge in [-0.1, -0.05) is 25.0 Å². The number of carbonyl (C=O) groups is 2. The zero-order valence-corrected chi connectivity index (χ0v) is 12.9. The van der Waals surface area contributed by atoms with Crippen LogP contribution in [0, 0.1) is 0 Å². The summed E-state index contributed by atoms with van der Waals surface area (Å²) in [6, 6.07) is 7.62. The number of anilines is 1. The van der Waals surface area contributed by atoms with Crippen molar-refractivity contribution in [2.45, 2.75) is 38.5 Å². The summed E-state index contributed by atoms with van der Waals surface area (Å²) in [4.78, 5) is 26.9. The second-order valence-electron chi connectivity index (χ2n) is 5.40. The number of carbonyl (C=O) groups excluding carboxylic acids is 2. The summed E-state index contributed by atoms with van der Waals surface area (Å²) in [6.45, 7) is 0. The molecule has 122 valence electrons. The third-order valence-electron chi connectivity index (χ3n) is 3.64. The molecule has 1 heterocycles. The molecule has 3 N–H and O–H groups in total. The van der Waals surface area contributed by atoms with Crippen molar-refractivity contribution < 1.29 is 14.8 Å². The number of pyridine rings is 1. The summed E-state index contributed by atoms with van der Waals surface area (Å²) in [6.07, 6.45) is 7.48. The molecule has 23 heavy (non-hydrogen) atoms. The van der Waals surface area contributed by atoms with Crippen LogP contribution in [0.3, 0.4) is 0 Å². The molecule has 2 rings (SSSR count). The Morgan fingerprint density at radius 2 is 1.74 bits per heavy atom. The van der Waals surface area contributed by atoms with Crippen LogP contribution in [0.2, 0.25) is 0 Å². The molecule has 0 saturated heterocycles. The van der Waals surface area contributed by atoms with Gasteiger partial charge in [0.05, 0.1) is 0 Å². The van der Waals surface area contributed by atoms with Gasteiger partial charge in [0.2, 0.25) is 11.8 Å². The Morgan fingerprint density at radius 3 is 2.48 bits per heavy atom. The molecule has 0 spiro atoms. The van der Waals surface area contributed by atoms with E-state index < -0.39 is 0 Å². The number of amides is 2. The summed E-state index contributed by atoms with van der Waals surface area (Å²) in [5, 5.41) is 13.3. The maximum Gasteiger partial charge on any atom is 0.243 e. The van der Waals surface area contributed by atoms with Crippen LogP contribution in [-0.2, 0) is 9.59 Å². The van der Waals surface area contributed by atoms with E-state index in [1.165, 1.54) is 0 Å². The quantitative estimate of drug-likeness (QED) is 0.397. The molecular weight excluding hydrogens is 294 g/mol. The normalized spacial score (nSPS) is 10.5. The third-order valence-corrected chi connectivity index (χ3v) is 3.64. The number of benzene rings is 1. The van der Waals surface area contributed by atoms with Gasteiger partial charge in [-0.25, -0.2) is 5.48 Å². The van der Waals surface area contributed by atoms with E-state index in [1.807, 2.05) is 24.3 Å². The Morgan fingerprint density at radius 1 is 1.00 bits per heavy atom. The van der Waals surface area contributed by atoms with E-state index in [-0.39, 0.29) is 11.8 Å². The predicted octanol–water partition coefficient (Wildman–Crippen LogP) is 3.02. The van der Waals surface area contributed by atoms with Gasteiger partial charge in [0.15, 0.2) is 0 Å². The highest BCUT2D eigenvalue weighted by Gasteiger charge is 2.06. The zero-order chi connectivity index (χ0) is 16.5. The molecule has 0 saturated carbocycles. The molecular formula is C17H21N3O3. The standard InChI is InChI=1S/C17H21N3O3/c21-16(8-3-1-2-4-9-17(22)20-23)19-15-7-5-6-13-12-18-11-10-14(13)15/h5-7,10-12,23H,1-4,8-9H2,(H,19,21)(H,20,22). The van der Waals surface area contributed by atoms with Gasteiger partial charge in [-0.3, -0.25) is 19.8 Å². The third kappa shape index (κ3) is 5.34. The molecule has 0 fully saturated rings. The van der Waals surface area contributed by atoms with Gasteiger partial charge in [-0.05, 0) is 25.0 Å². The molecule has 0 aliphatic heterocycles. The van der Waals surface area contributed by atoms with Gasteiger partial charge in [0.25, 0.3) is 0 Å². The number of fused-ring (bicyclic) bond motifs is 1. The van der Waals surface area contributed by atoms with E-state index in [0.29, 0.717) is 19.3 Å². The number of hydrogen-bond acceptors (Lipinski definition) is 4. The molecule has 0 aliphatic rings. The van der Waals surface area contributed by atoms with Crippen LogP contribution in [0.25, 0.3) is 10.8 Å². The van der Waals surface area contributed by atoms with Crippen molar-refractivity contribution >= 4 is 28.3 Å². The zero-order valence-electron chi connectivity index (χ0n) is 12.9. The second kappa shape index (κ2) is 8.85. The number of aromatic nitrogens is 1. The highest BCUT2D eigenvalue weighted by atomic mass is 16.5. The van der Waals surface area contributed by atoms with Crippen molar-refractivity contribution in [3.8, 4) is 0 Å². The minimum atomic E-state index is -0.367. The van der Waals surface area contributed by atoms with Crippen molar-refractivity contribution in [1.29, 1.82) is 0 Å². The van der Waals surface area contributed by atoms with Crippen LogP contribution in [-0.4, -0.2) is 22.0 Å². The lowest BCUT2D eigenvalue weighted by Crippen LogP contribution is -2.17. The average Bonchev–Trinajstić information content (AvgIpc) is 2.58. The van der Waals surface area contributed by atoms with Gasteiger partial charge in [0.1, 0.15) is 0 Å². The monoisotopic (exact) mass is 315 g/mol. The van der Waals surface area contributed by atoms with Crippen LogP contribution in [0.5, 0.6) is 0 Å². The molecule has 1 aromatic heterocycles. The molecule has 2 aromatic rings. The number of unbranched alkanes of at least 4 members (excludes halogenated alkanes) is 3. The minimum Gasteiger partial charge on any atom is -0.326 e. The van der Waals surface area contributed by atoms with Crippen LogP contribution < -0.4 is 10.8 Å². The smallest absolute Gasteiger partial charge is 0.243 e. The summed E-state index contributed by atoms with van der Waals surface area (Å²) < 4.78 is 0. The van der Waals surface area contributed by atoms with Crippen molar-refractivity contribution in [3.05, 3.63) is 36.7 Å². The fourth-order valence-corrected chi connectivity index (χ4v) is 2.42. The first-order valence-electron chi connectivity index (χ1n) is 7.76. The molecule has 0 bridgehead atoms. The highest BCUT2D eigenvalue weighted by molar-refractivity contribution is 6.01. The molecule has 6 nitrogen and oxygen atoms in total. The van der Waals surface area contributed by atoms with E-state index in [9.17, 15) is 9.59 Å². The number of hydroxylamine groups is 1. The van der Waals surface area contributed by atoms with Crippen LogP contribution in [0.4, 0.5) is 5.69 Å². The van der Waals surface area contributed by atoms with Crippen molar-refractivity contribution in [3.63, 3.8) is 0 Å². The fraction of sp³-hybridized carbons (Fsp3) is 0.353. The van der Waals surface area contributed by atoms with Gasteiger partial charge in [0, 0.05) is 41.7 Å². The van der Waals surface area contributed by atoms with Crippen LogP contribution in [0.15, 0.2) is 36.7 Å². The lowest BCUT2D eigenvalue weighted by Gasteiger charge is -2.08. The van der Waals surface area contributed by atoms with Gasteiger partial charge in [-0.15, -0.1) is 0 Å². The highest BCUT2D eigenvalue weighted by Crippen LogP contribution is 2.22. The summed E-state index contributed by atoms with van der Waals surface area (Å²) in [5.74, 6) is -0.379. The van der Waals surface area contributed by atoms with Crippen LogP contribution in [0.1, 0.15) is 38.5 Å². The SMILES string of the molecule is O=C(CCCCCCC(=O)Nc1cccc2cnccc12)NO. The second-order valence-corrected chi connectivity index (χ2v) is 5.40. The molecule has 2 amide bonds. The first-order valence-corrected chi connectivity index (χ1v) is 7.76. The van der Waals surface area contributed by atoms with Gasteiger partial charge in [-0.2, -0.15) is 0 Å². The Labute approximate surface area is 134 Å². The van der Waals surface area contributed by atoms with E-state index >= 15 is 0 Å². The summed E-state index contributed by atoms with van der Waals surface area (Å²) in [5.41, 5.74) is 2.41. The summed E-state index contributed by atoms with van der Waals surface area (Å²) >= 11 is 0. The number of nitrogens with one attached hydrogen (secondary N) is 2. The van der Waals surface area contributed by atoms with Crippen LogP contribution >= 0.6 is 0 Å². The minimum absolute atomic E-state index is 0.0117. The number of hydrogen-bond donors (Lipinski definition) is 3. The Kier molecular flexibility index (Phi) is 6.50. The fourth-order valence-electron chi connectivity index (χ4n) is 2.42. The van der Waals surface area contributed by atoms with E-state index in [0.717, 1.165) is 35.7 Å². The average molecular weight is 315 g/mol. The lowest BCUT2D eigenvalue weighted by molar-refractivity contribution is -0.129. The molecule has 6 heteroatoms. The van der Waals surface area contributed by atoms with E-state index in [2.05, 4.69) is 10.3 Å². The molecule has 0 aliphatic carbocycles. The van der Waals surface area contributed by atoms with E-state index in [4.69, 9.17) is 5.21 Å². The van der Waals surface area contributed by atoms with E-state index in [1.54, 1.807) is 17.9 Å². The van der Waals surface area contributed by atoms with Crippen molar-refractivity contribution in [1.82, 2.24) is 10.5 Å². The Hall–Kier alpha value is -2.47. The molecule has 1 aromatic carbocycles. The predicted molar refractivity (Wildman–Crippen MR) is 88.0 cm³/mol. The largest absolute Gasteiger partial charge is 0.326 e. The van der Waals surface area contributed by atoms with Gasteiger partial charge < -0.3 is 5.32 Å². The number of nitrogens with zero attached hydrogens (tertiary/aromatic N) is 1. The molecule has 0 radical (unpaired) electrons. The molecule has 0 atom stereocenters. The number of rotatable bonds is 8. The van der Waals surface area contributed by atoms with Crippen molar-refractivity contribution in [2.24, 2.45) is 0 Å². The summed E-state index contributed by atoms with van der Waals surface area (Å²) in [7, 11) is 0. The Bertz CT molecular complexity index is 668. The first-order chi connectivity index (χ1) is 11.2. The maximum absolute atomic E-state index is 12.0. The maximum atomic E-state index is 12.0. The van der Waals surface area contributed by atoms with Gasteiger partial charge >= 0.3 is 0 Å².